The van der Waals surface area contributed by atoms with Crippen molar-refractivity contribution in [3.8, 4) is 0 Å². The number of rotatable bonds is 14. The molecular weight excluding hydrogens is 648 g/mol. The molecule has 0 aromatic heterocycles. The van der Waals surface area contributed by atoms with Crippen molar-refractivity contribution in [3.05, 3.63) is 94.0 Å². The van der Waals surface area contributed by atoms with Gasteiger partial charge in [-0.1, -0.05) is 74.7 Å². The lowest BCUT2D eigenvalue weighted by atomic mass is 9.99. The predicted octanol–water partition coefficient (Wildman–Crippen LogP) is 7.32. The van der Waals surface area contributed by atoms with Gasteiger partial charge >= 0.3 is 0 Å². The summed E-state index contributed by atoms with van der Waals surface area (Å²) < 4.78 is 0. The van der Waals surface area contributed by atoms with E-state index < -0.39 is 0 Å². The lowest BCUT2D eigenvalue weighted by molar-refractivity contribution is -0.131. The van der Waals surface area contributed by atoms with Crippen molar-refractivity contribution in [2.24, 2.45) is 4.99 Å². The molecule has 2 heterocycles. The Morgan fingerprint density at radius 1 is 0.900 bits per heavy atom. The lowest BCUT2D eigenvalue weighted by Gasteiger charge is -2.36. The maximum absolute atomic E-state index is 14.3. The summed E-state index contributed by atoms with van der Waals surface area (Å²) in [5, 5.41) is 9.31. The molecule has 1 fully saturated rings. The highest BCUT2D eigenvalue weighted by Crippen LogP contribution is 2.30. The Hall–Kier alpha value is -4.50. The van der Waals surface area contributed by atoms with Gasteiger partial charge in [-0.25, -0.2) is 0 Å². The number of nitrogens with zero attached hydrogens (tertiary/aromatic N) is 5. The van der Waals surface area contributed by atoms with Gasteiger partial charge in [0.25, 0.3) is 11.8 Å². The average Bonchev–Trinajstić information content (AvgIpc) is 3.12. The van der Waals surface area contributed by atoms with E-state index in [1.807, 2.05) is 76.2 Å². The van der Waals surface area contributed by atoms with Crippen LogP contribution in [-0.2, 0) is 29.1 Å². The Morgan fingerprint density at radius 3 is 2.28 bits per heavy atom. The monoisotopic (exact) mass is 696 g/mol. The Kier molecular flexibility index (Phi) is 12.8. The minimum Gasteiger partial charge on any atom is -0.360 e. The van der Waals surface area contributed by atoms with E-state index in [4.69, 9.17) is 22.0 Å². The van der Waals surface area contributed by atoms with E-state index in [1.165, 1.54) is 5.56 Å². The highest BCUT2D eigenvalue weighted by Gasteiger charge is 2.28. The molecule has 10 heteroatoms. The van der Waals surface area contributed by atoms with Gasteiger partial charge in [-0.3, -0.25) is 24.8 Å². The van der Waals surface area contributed by atoms with Gasteiger partial charge in [0.05, 0.1) is 17.8 Å². The van der Waals surface area contributed by atoms with Crippen LogP contribution in [-0.4, -0.2) is 83.1 Å². The Labute approximate surface area is 301 Å². The van der Waals surface area contributed by atoms with Crippen LogP contribution in [0.15, 0.2) is 71.7 Å². The molecule has 2 aliphatic heterocycles. The van der Waals surface area contributed by atoms with E-state index in [2.05, 4.69) is 26.0 Å². The molecule has 0 radical (unpaired) electrons. The summed E-state index contributed by atoms with van der Waals surface area (Å²) in [6.45, 7) is 10.3. The largest absolute Gasteiger partial charge is 0.360 e. The summed E-state index contributed by atoms with van der Waals surface area (Å²) in [5.74, 6) is -0.364. The van der Waals surface area contributed by atoms with Crippen LogP contribution in [0.1, 0.15) is 79.9 Å². The maximum Gasteiger partial charge on any atom is 0.267 e. The number of piperazine rings is 1. The van der Waals surface area contributed by atoms with Crippen molar-refractivity contribution in [3.63, 3.8) is 0 Å². The van der Waals surface area contributed by atoms with E-state index in [9.17, 15) is 14.4 Å². The second kappa shape index (κ2) is 17.4. The minimum atomic E-state index is -0.250. The molecule has 5 rings (SSSR count). The van der Waals surface area contributed by atoms with Gasteiger partial charge in [0.15, 0.2) is 0 Å². The summed E-state index contributed by atoms with van der Waals surface area (Å²) in [4.78, 5) is 53.1. The van der Waals surface area contributed by atoms with Gasteiger partial charge < -0.3 is 19.6 Å². The molecule has 3 aromatic carbocycles. The summed E-state index contributed by atoms with van der Waals surface area (Å²) >= 11 is 6.05. The number of aliphatic imine (C=N–C) groups is 1. The quantitative estimate of drug-likeness (QED) is 0.179. The molecule has 2 aliphatic rings. The van der Waals surface area contributed by atoms with E-state index >= 15 is 0 Å². The number of carbonyl (C=O) groups excluding carboxylic acids is 3. The Morgan fingerprint density at radius 2 is 1.60 bits per heavy atom. The third-order valence-corrected chi connectivity index (χ3v) is 9.70. The van der Waals surface area contributed by atoms with Crippen LogP contribution in [0, 0.1) is 5.41 Å². The van der Waals surface area contributed by atoms with E-state index in [0.29, 0.717) is 67.8 Å². The van der Waals surface area contributed by atoms with Crippen LogP contribution in [0.2, 0.25) is 5.02 Å². The molecule has 1 saturated heterocycles. The summed E-state index contributed by atoms with van der Waals surface area (Å²) in [5.41, 5.74) is 5.73. The van der Waals surface area contributed by atoms with E-state index in [1.54, 1.807) is 4.90 Å². The average molecular weight is 697 g/mol. The third-order valence-electron chi connectivity index (χ3n) is 9.45. The first kappa shape index (κ1) is 36.8. The smallest absolute Gasteiger partial charge is 0.267 e. The number of carbonyl (C=O) groups is 3. The van der Waals surface area contributed by atoms with Gasteiger partial charge in [-0.2, -0.15) is 0 Å². The first-order valence-electron chi connectivity index (χ1n) is 17.8. The molecular formula is C40H49ClN6O3. The SMILES string of the molecule is CCCCN(CCCC)C(=O)C(=N)CC(C)=Nc1ccc(N2CCN(Cc3ccc(Cl)cc3)C(=O)C2)cc1C(=O)N1CCc2ccccc2C1. The Balaban J connectivity index is 1.37. The Bertz CT molecular complexity index is 1710. The van der Waals surface area contributed by atoms with E-state index in [-0.39, 0.29) is 36.4 Å². The minimum absolute atomic E-state index is 0.00516. The molecule has 1 N–H and O–H groups in total. The molecule has 0 bridgehead atoms. The first-order chi connectivity index (χ1) is 24.2. The van der Waals surface area contributed by atoms with Crippen LogP contribution in [0.5, 0.6) is 0 Å². The second-order valence-electron chi connectivity index (χ2n) is 13.3. The van der Waals surface area contributed by atoms with Crippen LogP contribution < -0.4 is 4.90 Å². The van der Waals surface area contributed by atoms with E-state index in [0.717, 1.165) is 48.9 Å². The van der Waals surface area contributed by atoms with Crippen molar-refractivity contribution in [1.82, 2.24) is 14.7 Å². The van der Waals surface area contributed by atoms with Gasteiger partial charge in [0.2, 0.25) is 5.91 Å². The fourth-order valence-electron chi connectivity index (χ4n) is 6.52. The van der Waals surface area contributed by atoms with Crippen LogP contribution in [0.25, 0.3) is 0 Å². The van der Waals surface area contributed by atoms with Crippen molar-refractivity contribution in [2.45, 2.75) is 72.4 Å². The molecule has 3 aromatic rings. The summed E-state index contributed by atoms with van der Waals surface area (Å²) in [7, 11) is 0. The normalized spacial score (nSPS) is 14.8. The molecule has 50 heavy (non-hydrogen) atoms. The number of halogens is 1. The van der Waals surface area contributed by atoms with Gasteiger partial charge in [0.1, 0.15) is 5.71 Å². The number of unbranched alkanes of at least 4 members (excludes halogenated alkanes) is 2. The predicted molar refractivity (Wildman–Crippen MR) is 202 cm³/mol. The number of fused-ring (bicyclic) bond motifs is 1. The number of amides is 3. The number of benzene rings is 3. The standard InChI is InChI=1S/C40H49ClN6O3/c1-4-6-19-44(20-7-5-2)40(50)36(42)24-29(3)43-37-17-16-34(25-35(37)39(49)47-21-18-31-10-8-9-11-32(31)27-47)45-22-23-46(38(48)28-45)26-30-12-14-33(41)15-13-30/h8-17,25,42H,4-7,18-24,26-28H2,1-3H3. The van der Waals surface area contributed by atoms with Gasteiger partial charge in [0, 0.05) is 68.7 Å². The van der Waals surface area contributed by atoms with Gasteiger partial charge in [-0.15, -0.1) is 0 Å². The summed E-state index contributed by atoms with van der Waals surface area (Å²) in [6, 6.07) is 21.3. The number of hydrogen-bond acceptors (Lipinski definition) is 6. The molecule has 3 amide bonds. The summed E-state index contributed by atoms with van der Waals surface area (Å²) in [6.07, 6.45) is 4.63. The maximum atomic E-state index is 14.3. The highest BCUT2D eigenvalue weighted by atomic mass is 35.5. The zero-order chi connectivity index (χ0) is 35.6. The highest BCUT2D eigenvalue weighted by molar-refractivity contribution is 6.40. The molecule has 9 nitrogen and oxygen atoms in total. The molecule has 0 spiro atoms. The molecule has 264 valence electrons. The molecule has 0 atom stereocenters. The lowest BCUT2D eigenvalue weighted by Crippen LogP contribution is -2.50. The van der Waals surface area contributed by atoms with Gasteiger partial charge in [-0.05, 0) is 73.2 Å². The molecule has 0 saturated carbocycles. The second-order valence-corrected chi connectivity index (χ2v) is 13.7. The fourth-order valence-corrected chi connectivity index (χ4v) is 6.64. The number of anilines is 1. The van der Waals surface area contributed by atoms with Crippen molar-refractivity contribution >= 4 is 52.1 Å². The van der Waals surface area contributed by atoms with Crippen molar-refractivity contribution in [2.75, 3.05) is 44.2 Å². The third kappa shape index (κ3) is 9.38. The van der Waals surface area contributed by atoms with Crippen LogP contribution >= 0.6 is 11.6 Å². The zero-order valence-corrected chi connectivity index (χ0v) is 30.3. The van der Waals surface area contributed by atoms with Crippen LogP contribution in [0.3, 0.4) is 0 Å². The van der Waals surface area contributed by atoms with Crippen molar-refractivity contribution in [1.29, 1.82) is 5.41 Å². The van der Waals surface area contributed by atoms with Crippen molar-refractivity contribution < 1.29 is 14.4 Å². The van der Waals surface area contributed by atoms with Crippen LogP contribution in [0.4, 0.5) is 11.4 Å². The number of nitrogens with one attached hydrogen (secondary N) is 1. The number of hydrogen-bond donors (Lipinski definition) is 1. The molecule has 0 unspecified atom stereocenters. The topological polar surface area (TPSA) is 100 Å². The molecule has 0 aliphatic carbocycles. The zero-order valence-electron chi connectivity index (χ0n) is 29.6. The fraction of sp³-hybridized carbons (Fsp3) is 0.425. The first-order valence-corrected chi connectivity index (χ1v) is 18.2.